The molecule has 0 atom stereocenters. The Balaban J connectivity index is 1.92. The number of imidazole rings is 1. The van der Waals surface area contributed by atoms with Crippen LogP contribution in [0.1, 0.15) is 12.6 Å². The summed E-state index contributed by atoms with van der Waals surface area (Å²) in [5, 5.41) is 1.92. The molecule has 0 aliphatic rings. The number of fused-ring (bicyclic) bond motifs is 1. The van der Waals surface area contributed by atoms with Crippen LogP contribution in [0.3, 0.4) is 0 Å². The number of furan rings is 1. The first-order valence-corrected chi connectivity index (χ1v) is 7.71. The summed E-state index contributed by atoms with van der Waals surface area (Å²) in [7, 11) is 0. The molecule has 0 saturated carbocycles. The molecule has 104 valence electrons. The van der Waals surface area contributed by atoms with Gasteiger partial charge in [-0.3, -0.25) is 9.20 Å². The maximum atomic E-state index is 11.6. The Morgan fingerprint density at radius 1 is 1.55 bits per heavy atom. The number of carbonyl (C=O) groups is 1. The maximum Gasteiger partial charge on any atom is 0.311 e. The van der Waals surface area contributed by atoms with Crippen molar-refractivity contribution in [1.29, 1.82) is 0 Å². The molecule has 3 aromatic rings. The molecule has 0 amide bonds. The largest absolute Gasteiger partial charge is 0.466 e. The Morgan fingerprint density at radius 2 is 2.40 bits per heavy atom. The highest BCUT2D eigenvalue weighted by molar-refractivity contribution is 9.10. The van der Waals surface area contributed by atoms with Crippen LogP contribution in [0.15, 0.2) is 32.8 Å². The van der Waals surface area contributed by atoms with Crippen LogP contribution >= 0.6 is 27.3 Å². The zero-order valence-electron chi connectivity index (χ0n) is 10.6. The van der Waals surface area contributed by atoms with E-state index in [2.05, 4.69) is 20.9 Å². The summed E-state index contributed by atoms with van der Waals surface area (Å²) in [5.41, 5.74) is 1.61. The average Bonchev–Trinajstić information content (AvgIpc) is 3.06. The lowest BCUT2D eigenvalue weighted by atomic mass is 10.3. The summed E-state index contributed by atoms with van der Waals surface area (Å²) >= 11 is 4.76. The Hall–Kier alpha value is -1.60. The molecule has 3 aromatic heterocycles. The van der Waals surface area contributed by atoms with Crippen LogP contribution < -0.4 is 0 Å². The monoisotopic (exact) mass is 354 g/mol. The number of hydrogen-bond donors (Lipinski definition) is 0. The number of hydrogen-bond acceptors (Lipinski definition) is 5. The van der Waals surface area contributed by atoms with Gasteiger partial charge in [0.1, 0.15) is 5.69 Å². The molecule has 5 nitrogen and oxygen atoms in total. The van der Waals surface area contributed by atoms with Gasteiger partial charge in [0.25, 0.3) is 0 Å². The fraction of sp³-hybridized carbons (Fsp3) is 0.231. The average molecular weight is 355 g/mol. The van der Waals surface area contributed by atoms with Crippen LogP contribution in [0.4, 0.5) is 0 Å². The van der Waals surface area contributed by atoms with Crippen molar-refractivity contribution in [3.8, 4) is 11.5 Å². The molecule has 0 N–H and O–H groups in total. The van der Waals surface area contributed by atoms with Crippen molar-refractivity contribution >= 4 is 38.2 Å². The van der Waals surface area contributed by atoms with Gasteiger partial charge in [-0.1, -0.05) is 0 Å². The van der Waals surface area contributed by atoms with Gasteiger partial charge >= 0.3 is 5.97 Å². The molecule has 20 heavy (non-hydrogen) atoms. The molecule has 7 heteroatoms. The van der Waals surface area contributed by atoms with Gasteiger partial charge in [-0.05, 0) is 35.0 Å². The summed E-state index contributed by atoms with van der Waals surface area (Å²) in [6.45, 7) is 2.19. The van der Waals surface area contributed by atoms with E-state index in [0.717, 1.165) is 16.3 Å². The van der Waals surface area contributed by atoms with Gasteiger partial charge in [-0.15, -0.1) is 11.3 Å². The number of aromatic nitrogens is 2. The lowest BCUT2D eigenvalue weighted by Crippen LogP contribution is -2.08. The van der Waals surface area contributed by atoms with E-state index in [-0.39, 0.29) is 12.4 Å². The van der Waals surface area contributed by atoms with Crippen LogP contribution in [0.25, 0.3) is 16.4 Å². The first-order valence-electron chi connectivity index (χ1n) is 6.04. The van der Waals surface area contributed by atoms with Gasteiger partial charge in [-0.2, -0.15) is 0 Å². The predicted molar refractivity (Wildman–Crippen MR) is 78.8 cm³/mol. The highest BCUT2D eigenvalue weighted by atomic mass is 79.9. The SMILES string of the molecule is CCOC(=O)Cc1csc2nc(-c3ccc(Br)o3)cn12. The molecule has 0 aliphatic carbocycles. The Kier molecular flexibility index (Phi) is 3.62. The minimum atomic E-state index is -0.233. The second-order valence-electron chi connectivity index (χ2n) is 4.09. The van der Waals surface area contributed by atoms with Crippen molar-refractivity contribution in [2.24, 2.45) is 0 Å². The van der Waals surface area contributed by atoms with E-state index in [1.54, 1.807) is 6.92 Å². The zero-order valence-corrected chi connectivity index (χ0v) is 13.0. The molecule has 0 aliphatic heterocycles. The van der Waals surface area contributed by atoms with Crippen molar-refractivity contribution in [1.82, 2.24) is 9.38 Å². The van der Waals surface area contributed by atoms with Gasteiger partial charge < -0.3 is 9.15 Å². The molecule has 0 fully saturated rings. The highest BCUT2D eigenvalue weighted by Gasteiger charge is 2.14. The van der Waals surface area contributed by atoms with Gasteiger partial charge in [0, 0.05) is 17.3 Å². The van der Waals surface area contributed by atoms with E-state index in [1.165, 1.54) is 11.3 Å². The molecular weight excluding hydrogens is 344 g/mol. The third-order valence-corrected chi connectivity index (χ3v) is 4.05. The molecule has 3 heterocycles. The number of halogens is 1. The number of ether oxygens (including phenoxy) is 1. The van der Waals surface area contributed by atoms with Crippen molar-refractivity contribution < 1.29 is 13.9 Å². The molecule has 0 bridgehead atoms. The summed E-state index contributed by atoms with van der Waals surface area (Å²) < 4.78 is 13.0. The molecule has 0 aromatic carbocycles. The number of thiazole rings is 1. The van der Waals surface area contributed by atoms with Gasteiger partial charge in [0.15, 0.2) is 15.4 Å². The normalized spacial score (nSPS) is 11.1. The van der Waals surface area contributed by atoms with E-state index in [9.17, 15) is 4.79 Å². The Labute approximate surface area is 127 Å². The maximum absolute atomic E-state index is 11.6. The van der Waals surface area contributed by atoms with Crippen molar-refractivity contribution in [2.45, 2.75) is 13.3 Å². The molecule has 3 rings (SSSR count). The molecule has 0 radical (unpaired) electrons. The third-order valence-electron chi connectivity index (χ3n) is 2.74. The quantitative estimate of drug-likeness (QED) is 0.672. The van der Waals surface area contributed by atoms with Crippen LogP contribution in [0, 0.1) is 0 Å². The van der Waals surface area contributed by atoms with Gasteiger partial charge in [-0.25, -0.2) is 4.98 Å². The number of carbonyl (C=O) groups excluding carboxylic acids is 1. The van der Waals surface area contributed by atoms with E-state index >= 15 is 0 Å². The molecule has 0 unspecified atom stereocenters. The van der Waals surface area contributed by atoms with Crippen LogP contribution in [0.5, 0.6) is 0 Å². The summed E-state index contributed by atoms with van der Waals surface area (Å²) in [6.07, 6.45) is 2.11. The summed E-state index contributed by atoms with van der Waals surface area (Å²) in [6, 6.07) is 3.67. The molecule has 0 spiro atoms. The first-order chi connectivity index (χ1) is 9.67. The van der Waals surface area contributed by atoms with E-state index in [1.807, 2.05) is 28.1 Å². The zero-order chi connectivity index (χ0) is 14.1. The fourth-order valence-corrected chi connectivity index (χ4v) is 3.07. The number of nitrogens with zero attached hydrogens (tertiary/aromatic N) is 2. The Morgan fingerprint density at radius 3 is 3.10 bits per heavy atom. The standard InChI is InChI=1S/C13H11BrN2O3S/c1-2-18-12(17)5-8-7-20-13-15-9(6-16(8)13)10-3-4-11(14)19-10/h3-4,6-7H,2,5H2,1H3. The number of rotatable bonds is 4. The number of esters is 1. The van der Waals surface area contributed by atoms with E-state index < -0.39 is 0 Å². The molecular formula is C13H11BrN2O3S. The van der Waals surface area contributed by atoms with E-state index in [4.69, 9.17) is 9.15 Å². The van der Waals surface area contributed by atoms with Crippen molar-refractivity contribution in [2.75, 3.05) is 6.61 Å². The van der Waals surface area contributed by atoms with Crippen LogP contribution in [0.2, 0.25) is 0 Å². The second kappa shape index (κ2) is 5.41. The van der Waals surface area contributed by atoms with Crippen molar-refractivity contribution in [3.63, 3.8) is 0 Å². The van der Waals surface area contributed by atoms with Gasteiger partial charge in [0.2, 0.25) is 0 Å². The topological polar surface area (TPSA) is 56.7 Å². The van der Waals surface area contributed by atoms with Crippen molar-refractivity contribution in [3.05, 3.63) is 34.1 Å². The molecule has 0 saturated heterocycles. The summed E-state index contributed by atoms with van der Waals surface area (Å²) in [5.74, 6) is 0.457. The first kappa shape index (κ1) is 13.4. The minimum absolute atomic E-state index is 0.233. The summed E-state index contributed by atoms with van der Waals surface area (Å²) in [4.78, 5) is 16.9. The van der Waals surface area contributed by atoms with Gasteiger partial charge in [0.05, 0.1) is 13.0 Å². The van der Waals surface area contributed by atoms with Crippen LogP contribution in [-0.4, -0.2) is 22.0 Å². The Bertz CT molecular complexity index is 759. The third kappa shape index (κ3) is 2.51. The highest BCUT2D eigenvalue weighted by Crippen LogP contribution is 2.27. The van der Waals surface area contributed by atoms with E-state index in [0.29, 0.717) is 17.0 Å². The minimum Gasteiger partial charge on any atom is -0.466 e. The smallest absolute Gasteiger partial charge is 0.311 e. The van der Waals surface area contributed by atoms with Crippen LogP contribution in [-0.2, 0) is 16.0 Å². The second-order valence-corrected chi connectivity index (χ2v) is 5.71. The lowest BCUT2D eigenvalue weighted by Gasteiger charge is -2.00. The predicted octanol–water partition coefficient (Wildman–Crippen LogP) is 3.52. The fourth-order valence-electron chi connectivity index (χ4n) is 1.89. The lowest BCUT2D eigenvalue weighted by molar-refractivity contribution is -0.142.